The smallest absolute Gasteiger partial charge is 0.246 e. The van der Waals surface area contributed by atoms with E-state index in [1.807, 2.05) is 0 Å². The Morgan fingerprint density at radius 2 is 1.58 bits per heavy atom. The van der Waals surface area contributed by atoms with Crippen molar-refractivity contribution >= 4 is 10.0 Å². The lowest BCUT2D eigenvalue weighted by Crippen LogP contribution is -2.31. The monoisotopic (exact) mass is 297 g/mol. The summed E-state index contributed by atoms with van der Waals surface area (Å²) in [6.07, 6.45) is -2.61. The van der Waals surface area contributed by atoms with Crippen molar-refractivity contribution in [2.75, 3.05) is 13.1 Å². The van der Waals surface area contributed by atoms with Crippen molar-refractivity contribution in [3.8, 4) is 0 Å². The minimum atomic E-state index is -4.44. The molecule has 1 saturated heterocycles. The van der Waals surface area contributed by atoms with Gasteiger partial charge < -0.3 is 10.2 Å². The zero-order valence-corrected chi connectivity index (χ0v) is 10.2. The van der Waals surface area contributed by atoms with E-state index in [1.54, 1.807) is 0 Å². The highest BCUT2D eigenvalue weighted by Crippen LogP contribution is 2.25. The Kier molecular flexibility index (Phi) is 3.56. The topological polar surface area (TPSA) is 77.8 Å². The average Bonchev–Trinajstić information content (AvgIpc) is 2.67. The Hall–Kier alpha value is -1.16. The van der Waals surface area contributed by atoms with Gasteiger partial charge in [0.1, 0.15) is 4.90 Å². The van der Waals surface area contributed by atoms with E-state index >= 15 is 0 Å². The number of aliphatic hydroxyl groups is 2. The number of β-amino-alcohol motifs (C(OH)–C–C–N with tert-alkyl or cyclic N) is 2. The van der Waals surface area contributed by atoms with Crippen LogP contribution >= 0.6 is 0 Å². The lowest BCUT2D eigenvalue weighted by atomic mass is 10.3. The summed E-state index contributed by atoms with van der Waals surface area (Å²) in [6, 6.07) is 1.09. The maximum Gasteiger partial charge on any atom is 0.246 e. The summed E-state index contributed by atoms with van der Waals surface area (Å²) in [7, 11) is -4.44. The quantitative estimate of drug-likeness (QED) is 0.743. The van der Waals surface area contributed by atoms with Crippen LogP contribution in [0.3, 0.4) is 0 Å². The fourth-order valence-corrected chi connectivity index (χ4v) is 3.31. The van der Waals surface area contributed by atoms with Gasteiger partial charge in [0.25, 0.3) is 0 Å². The molecule has 19 heavy (non-hydrogen) atoms. The second-order valence-electron chi connectivity index (χ2n) is 4.13. The molecule has 1 heterocycles. The Morgan fingerprint density at radius 3 is 2.11 bits per heavy atom. The summed E-state index contributed by atoms with van der Waals surface area (Å²) in [4.78, 5) is -1.03. The van der Waals surface area contributed by atoms with Gasteiger partial charge in [-0.25, -0.2) is 21.6 Å². The number of nitrogens with zero attached hydrogens (tertiary/aromatic N) is 1. The van der Waals surface area contributed by atoms with E-state index in [-0.39, 0.29) is 0 Å². The normalized spacial score (nSPS) is 24.9. The summed E-state index contributed by atoms with van der Waals surface area (Å²) in [5.74, 6) is -5.21. The molecule has 2 N–H and O–H groups in total. The van der Waals surface area contributed by atoms with Crippen LogP contribution in [0.2, 0.25) is 0 Å². The molecule has 2 atom stereocenters. The van der Waals surface area contributed by atoms with E-state index in [0.717, 1.165) is 0 Å². The molecule has 1 aliphatic rings. The van der Waals surface area contributed by atoms with E-state index in [2.05, 4.69) is 0 Å². The third kappa shape index (κ3) is 2.34. The minimum Gasteiger partial charge on any atom is -0.389 e. The molecule has 0 spiro atoms. The van der Waals surface area contributed by atoms with Gasteiger partial charge in [-0.15, -0.1) is 0 Å². The highest BCUT2D eigenvalue weighted by atomic mass is 32.2. The number of halogens is 3. The second kappa shape index (κ2) is 4.75. The van der Waals surface area contributed by atoms with Crippen LogP contribution in [-0.2, 0) is 10.0 Å². The van der Waals surface area contributed by atoms with E-state index in [1.165, 1.54) is 0 Å². The van der Waals surface area contributed by atoms with Crippen molar-refractivity contribution < 1.29 is 31.8 Å². The summed E-state index contributed by atoms with van der Waals surface area (Å²) in [6.45, 7) is -0.885. The standard InChI is InChI=1S/C10H10F3NO4S/c11-5-1-2-8(10(13)9(5)12)19(17,18)14-3-6(15)7(16)4-14/h1-2,6-7,15-16H,3-4H2. The van der Waals surface area contributed by atoms with E-state index < -0.39 is 57.7 Å². The largest absolute Gasteiger partial charge is 0.389 e. The first-order valence-electron chi connectivity index (χ1n) is 5.25. The number of benzene rings is 1. The van der Waals surface area contributed by atoms with Crippen LogP contribution in [0.1, 0.15) is 0 Å². The summed E-state index contributed by atoms with van der Waals surface area (Å²) in [5.41, 5.74) is 0. The summed E-state index contributed by atoms with van der Waals surface area (Å²) in [5, 5.41) is 18.5. The minimum absolute atomic E-state index is 0.443. The van der Waals surface area contributed by atoms with Gasteiger partial charge in [-0.3, -0.25) is 0 Å². The Morgan fingerprint density at radius 1 is 1.05 bits per heavy atom. The van der Waals surface area contributed by atoms with Gasteiger partial charge in [-0.05, 0) is 12.1 Å². The molecular formula is C10H10F3NO4S. The molecule has 0 amide bonds. The van der Waals surface area contributed by atoms with Crippen LogP contribution < -0.4 is 0 Å². The van der Waals surface area contributed by atoms with Crippen LogP contribution in [0.4, 0.5) is 13.2 Å². The van der Waals surface area contributed by atoms with Gasteiger partial charge in [0.15, 0.2) is 17.5 Å². The maximum absolute atomic E-state index is 13.5. The first kappa shape index (κ1) is 14.3. The number of rotatable bonds is 2. The third-order valence-electron chi connectivity index (χ3n) is 2.84. The van der Waals surface area contributed by atoms with Crippen molar-refractivity contribution in [1.82, 2.24) is 4.31 Å². The lowest BCUT2D eigenvalue weighted by Gasteiger charge is -2.16. The SMILES string of the molecule is O=S(=O)(c1ccc(F)c(F)c1F)N1CC(O)C(O)C1. The summed E-state index contributed by atoms with van der Waals surface area (Å²) < 4.78 is 63.8. The van der Waals surface area contributed by atoms with E-state index in [9.17, 15) is 31.8 Å². The predicted octanol–water partition coefficient (Wildman–Crippen LogP) is -0.170. The van der Waals surface area contributed by atoms with Gasteiger partial charge in [0, 0.05) is 13.1 Å². The van der Waals surface area contributed by atoms with Gasteiger partial charge in [0.05, 0.1) is 12.2 Å². The van der Waals surface area contributed by atoms with E-state index in [0.29, 0.717) is 16.4 Å². The molecule has 0 aliphatic carbocycles. The highest BCUT2D eigenvalue weighted by Gasteiger charge is 2.39. The molecular weight excluding hydrogens is 287 g/mol. The second-order valence-corrected chi connectivity index (χ2v) is 6.04. The molecule has 106 valence electrons. The zero-order chi connectivity index (χ0) is 14.4. The first-order chi connectivity index (χ1) is 8.75. The Balaban J connectivity index is 2.44. The van der Waals surface area contributed by atoms with Crippen molar-refractivity contribution in [3.63, 3.8) is 0 Å². The van der Waals surface area contributed by atoms with Gasteiger partial charge in [-0.2, -0.15) is 4.31 Å². The number of aliphatic hydroxyl groups excluding tert-OH is 2. The molecule has 0 saturated carbocycles. The first-order valence-corrected chi connectivity index (χ1v) is 6.69. The number of hydrogen-bond donors (Lipinski definition) is 2. The molecule has 2 rings (SSSR count). The molecule has 2 unspecified atom stereocenters. The van der Waals surface area contributed by atoms with Gasteiger partial charge in [-0.1, -0.05) is 0 Å². The van der Waals surface area contributed by atoms with Crippen LogP contribution in [-0.4, -0.2) is 48.2 Å². The lowest BCUT2D eigenvalue weighted by molar-refractivity contribution is 0.0572. The van der Waals surface area contributed by atoms with Crippen LogP contribution in [0.15, 0.2) is 17.0 Å². The van der Waals surface area contributed by atoms with Crippen LogP contribution in [0.25, 0.3) is 0 Å². The molecule has 5 nitrogen and oxygen atoms in total. The Labute approximate surface area is 106 Å². The molecule has 9 heteroatoms. The third-order valence-corrected chi connectivity index (χ3v) is 4.69. The van der Waals surface area contributed by atoms with Crippen molar-refractivity contribution in [2.45, 2.75) is 17.1 Å². The Bertz CT molecular complexity index is 597. The molecule has 0 radical (unpaired) electrons. The molecule has 1 aliphatic heterocycles. The summed E-state index contributed by atoms with van der Waals surface area (Å²) >= 11 is 0. The van der Waals surface area contributed by atoms with Crippen molar-refractivity contribution in [2.24, 2.45) is 0 Å². The predicted molar refractivity (Wildman–Crippen MR) is 57.1 cm³/mol. The average molecular weight is 297 g/mol. The molecule has 1 aromatic rings. The number of hydrogen-bond acceptors (Lipinski definition) is 4. The van der Waals surface area contributed by atoms with Crippen LogP contribution in [0.5, 0.6) is 0 Å². The fourth-order valence-electron chi connectivity index (χ4n) is 1.78. The molecule has 1 aromatic carbocycles. The number of sulfonamides is 1. The molecule has 0 aromatic heterocycles. The van der Waals surface area contributed by atoms with Gasteiger partial charge >= 0.3 is 0 Å². The van der Waals surface area contributed by atoms with Crippen molar-refractivity contribution in [1.29, 1.82) is 0 Å². The molecule has 0 bridgehead atoms. The zero-order valence-electron chi connectivity index (χ0n) is 9.42. The highest BCUT2D eigenvalue weighted by molar-refractivity contribution is 7.89. The van der Waals surface area contributed by atoms with Crippen molar-refractivity contribution in [3.05, 3.63) is 29.6 Å². The van der Waals surface area contributed by atoms with Crippen LogP contribution in [0, 0.1) is 17.5 Å². The fraction of sp³-hybridized carbons (Fsp3) is 0.400. The maximum atomic E-state index is 13.5. The molecule has 1 fully saturated rings. The van der Waals surface area contributed by atoms with Gasteiger partial charge in [0.2, 0.25) is 10.0 Å². The van der Waals surface area contributed by atoms with E-state index in [4.69, 9.17) is 0 Å².